The second-order valence-corrected chi connectivity index (χ2v) is 5.67. The fourth-order valence-electron chi connectivity index (χ4n) is 2.38. The van der Waals surface area contributed by atoms with Crippen LogP contribution in [0, 0.1) is 15.9 Å². The number of halogens is 1. The second-order valence-electron chi connectivity index (χ2n) is 5.67. The molecule has 0 radical (unpaired) electrons. The van der Waals surface area contributed by atoms with Crippen molar-refractivity contribution < 1.29 is 18.8 Å². The van der Waals surface area contributed by atoms with Gasteiger partial charge in [-0.05, 0) is 36.4 Å². The first-order valence-electron chi connectivity index (χ1n) is 8.05. The van der Waals surface area contributed by atoms with E-state index in [1.54, 1.807) is 42.5 Å². The summed E-state index contributed by atoms with van der Waals surface area (Å²) >= 11 is 0. The normalized spacial score (nSPS) is 10.3. The fourth-order valence-corrected chi connectivity index (χ4v) is 2.38. The van der Waals surface area contributed by atoms with Gasteiger partial charge in [0, 0.05) is 28.9 Å². The number of nitro benzene ring substituents is 1. The van der Waals surface area contributed by atoms with Gasteiger partial charge < -0.3 is 10.1 Å². The number of carbonyl (C=O) groups excluding carboxylic acids is 1. The van der Waals surface area contributed by atoms with Gasteiger partial charge in [-0.15, -0.1) is 0 Å². The van der Waals surface area contributed by atoms with E-state index in [1.165, 1.54) is 30.3 Å². The molecule has 3 aromatic rings. The van der Waals surface area contributed by atoms with Crippen LogP contribution in [0.15, 0.2) is 72.8 Å². The molecule has 3 aromatic carbocycles. The molecule has 0 aliphatic heterocycles. The fraction of sp³-hybridized carbons (Fsp3) is 0.0500. The van der Waals surface area contributed by atoms with E-state index in [-0.39, 0.29) is 23.7 Å². The summed E-state index contributed by atoms with van der Waals surface area (Å²) in [6.07, 6.45) is 0. The first-order chi connectivity index (χ1) is 13.0. The number of hydrogen-bond donors (Lipinski definition) is 1. The van der Waals surface area contributed by atoms with Crippen molar-refractivity contribution in [1.29, 1.82) is 0 Å². The predicted molar refractivity (Wildman–Crippen MR) is 98.2 cm³/mol. The van der Waals surface area contributed by atoms with E-state index in [1.807, 2.05) is 0 Å². The zero-order chi connectivity index (χ0) is 19.2. The van der Waals surface area contributed by atoms with Crippen LogP contribution in [-0.2, 0) is 6.61 Å². The molecule has 0 spiro atoms. The molecule has 3 rings (SSSR count). The molecule has 136 valence electrons. The lowest BCUT2D eigenvalue weighted by atomic mass is 10.2. The maximum absolute atomic E-state index is 13.6. The zero-order valence-corrected chi connectivity index (χ0v) is 14.1. The molecule has 0 saturated carbocycles. The molecule has 0 aromatic heterocycles. The molecule has 0 heterocycles. The minimum atomic E-state index is -0.557. The number of hydrogen-bond acceptors (Lipinski definition) is 4. The van der Waals surface area contributed by atoms with E-state index >= 15 is 0 Å². The van der Waals surface area contributed by atoms with Crippen LogP contribution in [-0.4, -0.2) is 10.8 Å². The average Bonchev–Trinajstić information content (AvgIpc) is 2.68. The Morgan fingerprint density at radius 1 is 1.04 bits per heavy atom. The summed E-state index contributed by atoms with van der Waals surface area (Å²) in [7, 11) is 0. The smallest absolute Gasteiger partial charge is 0.270 e. The van der Waals surface area contributed by atoms with Crippen LogP contribution >= 0.6 is 0 Å². The van der Waals surface area contributed by atoms with E-state index < -0.39 is 10.8 Å². The van der Waals surface area contributed by atoms with E-state index in [2.05, 4.69) is 5.32 Å². The monoisotopic (exact) mass is 366 g/mol. The topological polar surface area (TPSA) is 81.5 Å². The Labute approximate surface area is 154 Å². The van der Waals surface area contributed by atoms with Crippen LogP contribution in [0.5, 0.6) is 5.75 Å². The molecular formula is C20H15FN2O4. The van der Waals surface area contributed by atoms with Crippen LogP contribution in [0.25, 0.3) is 0 Å². The van der Waals surface area contributed by atoms with Crippen LogP contribution < -0.4 is 10.1 Å². The number of carbonyl (C=O) groups is 1. The number of anilines is 1. The molecule has 27 heavy (non-hydrogen) atoms. The summed E-state index contributed by atoms with van der Waals surface area (Å²) in [5, 5.41) is 13.5. The van der Waals surface area contributed by atoms with Crippen LogP contribution in [0.2, 0.25) is 0 Å². The van der Waals surface area contributed by atoms with Gasteiger partial charge in [-0.1, -0.05) is 24.3 Å². The Bertz CT molecular complexity index is 974. The molecule has 0 aliphatic rings. The maximum Gasteiger partial charge on any atom is 0.270 e. The number of benzene rings is 3. The molecular weight excluding hydrogens is 351 g/mol. The zero-order valence-electron chi connectivity index (χ0n) is 14.1. The Kier molecular flexibility index (Phi) is 5.41. The van der Waals surface area contributed by atoms with Gasteiger partial charge in [0.25, 0.3) is 11.6 Å². The molecule has 1 N–H and O–H groups in total. The first kappa shape index (κ1) is 18.1. The van der Waals surface area contributed by atoms with Crippen molar-refractivity contribution in [2.24, 2.45) is 0 Å². The van der Waals surface area contributed by atoms with Crippen LogP contribution in [0.1, 0.15) is 15.9 Å². The largest absolute Gasteiger partial charge is 0.489 e. The summed E-state index contributed by atoms with van der Waals surface area (Å²) in [4.78, 5) is 22.5. The summed E-state index contributed by atoms with van der Waals surface area (Å²) < 4.78 is 19.1. The highest BCUT2D eigenvalue weighted by Gasteiger charge is 2.11. The summed E-state index contributed by atoms with van der Waals surface area (Å²) in [6.45, 7) is 0.0893. The number of ether oxygens (including phenoxy) is 1. The van der Waals surface area contributed by atoms with Crippen molar-refractivity contribution in [3.05, 3.63) is 99.9 Å². The number of amides is 1. The lowest BCUT2D eigenvalue weighted by molar-refractivity contribution is -0.384. The Morgan fingerprint density at radius 3 is 2.48 bits per heavy atom. The van der Waals surface area contributed by atoms with E-state index in [9.17, 15) is 19.3 Å². The predicted octanol–water partition coefficient (Wildman–Crippen LogP) is 4.57. The average molecular weight is 366 g/mol. The highest BCUT2D eigenvalue weighted by molar-refractivity contribution is 6.04. The molecule has 0 bridgehead atoms. The quantitative estimate of drug-likeness (QED) is 0.512. The third-order valence-corrected chi connectivity index (χ3v) is 3.78. The maximum atomic E-state index is 13.6. The molecule has 6 nitrogen and oxygen atoms in total. The Morgan fingerprint density at radius 2 is 1.78 bits per heavy atom. The van der Waals surface area contributed by atoms with Crippen molar-refractivity contribution in [3.8, 4) is 5.75 Å². The highest BCUT2D eigenvalue weighted by atomic mass is 19.1. The van der Waals surface area contributed by atoms with Crippen molar-refractivity contribution in [3.63, 3.8) is 0 Å². The summed E-state index contributed by atoms with van der Waals surface area (Å²) in [6, 6.07) is 18.4. The molecule has 0 fully saturated rings. The Hall–Kier alpha value is -3.74. The minimum absolute atomic E-state index is 0.0893. The SMILES string of the molecule is O=C(Nc1ccc(OCc2ccccc2F)cc1)c1cccc([N+](=O)[O-])c1. The van der Waals surface area contributed by atoms with Gasteiger partial charge >= 0.3 is 0 Å². The van der Waals surface area contributed by atoms with E-state index in [0.29, 0.717) is 17.0 Å². The van der Waals surface area contributed by atoms with Gasteiger partial charge in [0.15, 0.2) is 0 Å². The third kappa shape index (κ3) is 4.66. The molecule has 0 aliphatic carbocycles. The van der Waals surface area contributed by atoms with E-state index in [4.69, 9.17) is 4.74 Å². The van der Waals surface area contributed by atoms with Crippen molar-refractivity contribution in [2.75, 3.05) is 5.32 Å². The van der Waals surface area contributed by atoms with Gasteiger partial charge in [0.2, 0.25) is 0 Å². The van der Waals surface area contributed by atoms with Gasteiger partial charge in [-0.3, -0.25) is 14.9 Å². The van der Waals surface area contributed by atoms with Gasteiger partial charge in [-0.2, -0.15) is 0 Å². The third-order valence-electron chi connectivity index (χ3n) is 3.78. The molecule has 0 unspecified atom stereocenters. The number of rotatable bonds is 6. The lowest BCUT2D eigenvalue weighted by Gasteiger charge is -2.09. The molecule has 7 heteroatoms. The lowest BCUT2D eigenvalue weighted by Crippen LogP contribution is -2.12. The Balaban J connectivity index is 1.62. The first-order valence-corrected chi connectivity index (χ1v) is 8.05. The molecule has 1 amide bonds. The number of non-ortho nitro benzene ring substituents is 1. The van der Waals surface area contributed by atoms with Gasteiger partial charge in [0.05, 0.1) is 4.92 Å². The van der Waals surface area contributed by atoms with Crippen molar-refractivity contribution in [2.45, 2.75) is 6.61 Å². The van der Waals surface area contributed by atoms with Crippen molar-refractivity contribution in [1.82, 2.24) is 0 Å². The van der Waals surface area contributed by atoms with Gasteiger partial charge in [0.1, 0.15) is 18.2 Å². The van der Waals surface area contributed by atoms with E-state index in [0.717, 1.165) is 0 Å². The van der Waals surface area contributed by atoms with Gasteiger partial charge in [-0.25, -0.2) is 4.39 Å². The minimum Gasteiger partial charge on any atom is -0.489 e. The number of nitro groups is 1. The highest BCUT2D eigenvalue weighted by Crippen LogP contribution is 2.19. The van der Waals surface area contributed by atoms with Crippen LogP contribution in [0.3, 0.4) is 0 Å². The standard InChI is InChI=1S/C20H15FN2O4/c21-19-7-2-1-4-15(19)13-27-18-10-8-16(9-11-18)22-20(24)14-5-3-6-17(12-14)23(25)26/h1-12H,13H2,(H,22,24). The number of nitrogens with one attached hydrogen (secondary N) is 1. The molecule has 0 atom stereocenters. The summed E-state index contributed by atoms with van der Waals surface area (Å²) in [5.41, 5.74) is 0.980. The number of nitrogens with zero attached hydrogens (tertiary/aromatic N) is 1. The van der Waals surface area contributed by atoms with Crippen LogP contribution in [0.4, 0.5) is 15.8 Å². The summed E-state index contributed by atoms with van der Waals surface area (Å²) in [5.74, 6) is -0.274. The van der Waals surface area contributed by atoms with Crippen molar-refractivity contribution >= 4 is 17.3 Å². The second kappa shape index (κ2) is 8.09. The molecule has 0 saturated heterocycles.